The summed E-state index contributed by atoms with van der Waals surface area (Å²) >= 11 is 0. The van der Waals surface area contributed by atoms with Gasteiger partial charge >= 0.3 is 0 Å². The molecule has 0 bridgehead atoms. The predicted molar refractivity (Wildman–Crippen MR) is 112 cm³/mol. The molecule has 0 atom stereocenters. The second-order valence-corrected chi connectivity index (χ2v) is 6.90. The van der Waals surface area contributed by atoms with Crippen LogP contribution in [0.15, 0.2) is 53.3 Å². The number of aliphatic hydroxyl groups excluding tert-OH is 1. The normalized spacial score (nSPS) is 11.8. The van der Waals surface area contributed by atoms with Crippen LogP contribution < -0.4 is 10.9 Å². The molecule has 29 heavy (non-hydrogen) atoms. The maximum Gasteiger partial charge on any atom is 0.271 e. The Balaban J connectivity index is 1.87. The number of aromatic nitrogens is 2. The van der Waals surface area contributed by atoms with E-state index in [1.165, 1.54) is 16.5 Å². The van der Waals surface area contributed by atoms with Crippen molar-refractivity contribution in [2.24, 2.45) is 0 Å². The number of hydrogen-bond acceptors (Lipinski definition) is 6. The van der Waals surface area contributed by atoms with Gasteiger partial charge in [0.05, 0.1) is 16.0 Å². The minimum Gasteiger partial charge on any atom is -0.396 e. The van der Waals surface area contributed by atoms with E-state index in [-0.39, 0.29) is 17.9 Å². The van der Waals surface area contributed by atoms with E-state index in [9.17, 15) is 14.9 Å². The van der Waals surface area contributed by atoms with E-state index >= 15 is 0 Å². The lowest BCUT2D eigenvalue weighted by atomic mass is 10.0. The average Bonchev–Trinajstić information content (AvgIpc) is 3.11. The summed E-state index contributed by atoms with van der Waals surface area (Å²) in [4.78, 5) is 28.5. The van der Waals surface area contributed by atoms with Crippen LogP contribution in [-0.4, -0.2) is 32.6 Å². The van der Waals surface area contributed by atoms with Gasteiger partial charge in [0.15, 0.2) is 0 Å². The Labute approximate surface area is 163 Å². The van der Waals surface area contributed by atoms with Crippen LogP contribution in [0.1, 0.15) is 6.42 Å². The first-order valence-electron chi connectivity index (χ1n) is 9.22. The molecule has 0 unspecified atom stereocenters. The molecule has 0 aliphatic carbocycles. The number of anilines is 1. The molecule has 0 saturated carbocycles. The molecular formula is C21H16N4O4. The van der Waals surface area contributed by atoms with Gasteiger partial charge < -0.3 is 10.4 Å². The molecule has 2 N–H and O–H groups in total. The van der Waals surface area contributed by atoms with E-state index in [4.69, 9.17) is 5.11 Å². The third-order valence-corrected chi connectivity index (χ3v) is 5.21. The lowest BCUT2D eigenvalue weighted by molar-refractivity contribution is -0.384. The average molecular weight is 388 g/mol. The largest absolute Gasteiger partial charge is 0.396 e. The number of pyridine rings is 1. The second kappa shape index (κ2) is 6.39. The molecule has 8 heteroatoms. The van der Waals surface area contributed by atoms with Gasteiger partial charge in [-0.05, 0) is 30.7 Å². The van der Waals surface area contributed by atoms with Gasteiger partial charge in [-0.3, -0.25) is 19.3 Å². The molecule has 5 aromatic rings. The highest BCUT2D eigenvalue weighted by Gasteiger charge is 2.18. The van der Waals surface area contributed by atoms with Crippen molar-refractivity contribution in [1.82, 2.24) is 9.38 Å². The first-order valence-corrected chi connectivity index (χ1v) is 9.22. The van der Waals surface area contributed by atoms with Crippen LogP contribution in [-0.2, 0) is 0 Å². The zero-order chi connectivity index (χ0) is 20.1. The minimum absolute atomic E-state index is 0.0634. The van der Waals surface area contributed by atoms with Crippen molar-refractivity contribution in [2.45, 2.75) is 6.42 Å². The third-order valence-electron chi connectivity index (χ3n) is 5.21. The topological polar surface area (TPSA) is 110 Å². The van der Waals surface area contributed by atoms with Crippen molar-refractivity contribution in [3.63, 3.8) is 0 Å². The molecule has 0 amide bonds. The summed E-state index contributed by atoms with van der Waals surface area (Å²) in [5.74, 6) is 0. The van der Waals surface area contributed by atoms with Gasteiger partial charge in [-0.15, -0.1) is 0 Å². The molecule has 2 heterocycles. The van der Waals surface area contributed by atoms with Crippen LogP contribution in [0.4, 0.5) is 11.4 Å². The fourth-order valence-electron chi connectivity index (χ4n) is 3.92. The molecule has 0 aliphatic rings. The van der Waals surface area contributed by atoms with Crippen molar-refractivity contribution in [2.75, 3.05) is 18.5 Å². The highest BCUT2D eigenvalue weighted by molar-refractivity contribution is 6.18. The number of nitrogens with zero attached hydrogens (tertiary/aromatic N) is 3. The van der Waals surface area contributed by atoms with Crippen molar-refractivity contribution >= 4 is 49.6 Å². The van der Waals surface area contributed by atoms with Crippen LogP contribution in [0.5, 0.6) is 0 Å². The van der Waals surface area contributed by atoms with Gasteiger partial charge in [-0.2, -0.15) is 0 Å². The molecular weight excluding hydrogens is 372 g/mol. The minimum atomic E-state index is -0.473. The van der Waals surface area contributed by atoms with Gasteiger partial charge in [-0.1, -0.05) is 12.1 Å². The van der Waals surface area contributed by atoms with E-state index in [0.717, 1.165) is 21.8 Å². The molecule has 144 valence electrons. The van der Waals surface area contributed by atoms with E-state index in [1.54, 1.807) is 12.1 Å². The SMILES string of the molecule is O=c1c2cccc3c(NCCCO)ccc(c32)c2nc3cc([N+](=O)[O-])ccc3n12. The fourth-order valence-corrected chi connectivity index (χ4v) is 3.92. The number of imidazole rings is 1. The van der Waals surface area contributed by atoms with E-state index < -0.39 is 4.92 Å². The summed E-state index contributed by atoms with van der Waals surface area (Å²) in [6.45, 7) is 0.716. The van der Waals surface area contributed by atoms with Gasteiger partial charge in [-0.25, -0.2) is 4.98 Å². The number of non-ortho nitro benzene ring substituents is 1. The number of benzene rings is 3. The molecule has 5 rings (SSSR count). The fraction of sp³-hybridized carbons (Fsp3) is 0.143. The van der Waals surface area contributed by atoms with Crippen LogP contribution in [0.25, 0.3) is 38.2 Å². The summed E-state index contributed by atoms with van der Waals surface area (Å²) < 4.78 is 1.52. The van der Waals surface area contributed by atoms with Gasteiger partial charge in [0.1, 0.15) is 5.65 Å². The first-order chi connectivity index (χ1) is 14.1. The predicted octanol–water partition coefficient (Wildman–Crippen LogP) is 3.29. The van der Waals surface area contributed by atoms with Crippen molar-refractivity contribution in [3.05, 3.63) is 69.0 Å². The second-order valence-electron chi connectivity index (χ2n) is 6.90. The summed E-state index contributed by atoms with van der Waals surface area (Å²) in [6.07, 6.45) is 0.621. The molecule has 0 spiro atoms. The van der Waals surface area contributed by atoms with Crippen LogP contribution in [0.3, 0.4) is 0 Å². The van der Waals surface area contributed by atoms with Crippen molar-refractivity contribution < 1.29 is 10.0 Å². The molecule has 3 aromatic carbocycles. The zero-order valence-corrected chi connectivity index (χ0v) is 15.3. The molecule has 0 aliphatic heterocycles. The molecule has 8 nitrogen and oxygen atoms in total. The Morgan fingerprint density at radius 1 is 1.10 bits per heavy atom. The Kier molecular flexibility index (Phi) is 3.82. The summed E-state index contributed by atoms with van der Waals surface area (Å²) in [7, 11) is 0. The molecule has 0 saturated heterocycles. The quantitative estimate of drug-likeness (QED) is 0.272. The monoisotopic (exact) mass is 388 g/mol. The summed E-state index contributed by atoms with van der Waals surface area (Å²) in [5, 5.41) is 26.5. The standard InChI is InChI=1S/C21H16N4O4/c26-10-2-9-22-16-7-6-14-19-13(16)3-1-4-15(19)21(27)24-18-8-5-12(25(28)29)11-17(18)23-20(14)24/h1,3-8,11,22,26H,2,9-10H2. The highest BCUT2D eigenvalue weighted by atomic mass is 16.6. The zero-order valence-electron chi connectivity index (χ0n) is 15.3. The van der Waals surface area contributed by atoms with E-state index in [1.807, 2.05) is 24.3 Å². The third kappa shape index (κ3) is 2.50. The smallest absolute Gasteiger partial charge is 0.271 e. The van der Waals surface area contributed by atoms with Crippen LogP contribution >= 0.6 is 0 Å². The van der Waals surface area contributed by atoms with E-state index in [0.29, 0.717) is 35.0 Å². The number of nitro groups is 1. The maximum absolute atomic E-state index is 13.3. The van der Waals surface area contributed by atoms with Gasteiger partial charge in [0.2, 0.25) is 0 Å². The number of hydrogen-bond donors (Lipinski definition) is 2. The van der Waals surface area contributed by atoms with Gasteiger partial charge in [0.25, 0.3) is 11.2 Å². The summed E-state index contributed by atoms with van der Waals surface area (Å²) in [6, 6.07) is 13.7. The molecule has 0 radical (unpaired) electrons. The Morgan fingerprint density at radius 3 is 2.72 bits per heavy atom. The Morgan fingerprint density at radius 2 is 1.93 bits per heavy atom. The number of nitrogens with one attached hydrogen (secondary N) is 1. The van der Waals surface area contributed by atoms with Crippen molar-refractivity contribution in [1.29, 1.82) is 0 Å². The Hall–Kier alpha value is -3.78. The summed E-state index contributed by atoms with van der Waals surface area (Å²) in [5.41, 5.74) is 2.05. The van der Waals surface area contributed by atoms with Crippen LogP contribution in [0, 0.1) is 10.1 Å². The van der Waals surface area contributed by atoms with Gasteiger partial charge in [0, 0.05) is 52.5 Å². The van der Waals surface area contributed by atoms with E-state index in [2.05, 4.69) is 10.3 Å². The number of aliphatic hydroxyl groups is 1. The molecule has 0 fully saturated rings. The maximum atomic E-state index is 13.3. The lowest BCUT2D eigenvalue weighted by Crippen LogP contribution is -2.13. The first kappa shape index (κ1) is 17.3. The number of fused-ring (bicyclic) bond motifs is 4. The molecule has 2 aromatic heterocycles. The number of rotatable bonds is 5. The van der Waals surface area contributed by atoms with Crippen LogP contribution in [0.2, 0.25) is 0 Å². The Bertz CT molecular complexity index is 1470. The highest BCUT2D eigenvalue weighted by Crippen LogP contribution is 2.34. The van der Waals surface area contributed by atoms with Crippen molar-refractivity contribution in [3.8, 4) is 0 Å². The number of nitro benzene ring substituents is 1. The lowest BCUT2D eigenvalue weighted by Gasteiger charge is -2.13.